The molecular formula is C20H17F3N2O2S. The Balaban J connectivity index is 1.55. The van der Waals surface area contributed by atoms with Gasteiger partial charge in [-0.2, -0.15) is 13.2 Å². The van der Waals surface area contributed by atoms with Crippen LogP contribution >= 0.6 is 11.3 Å². The van der Waals surface area contributed by atoms with Crippen LogP contribution in [0.3, 0.4) is 0 Å². The number of nitrogens with one attached hydrogen (secondary N) is 1. The summed E-state index contributed by atoms with van der Waals surface area (Å²) < 4.78 is 43.0. The van der Waals surface area contributed by atoms with Crippen LogP contribution in [0.5, 0.6) is 5.75 Å². The van der Waals surface area contributed by atoms with E-state index >= 15 is 0 Å². The first kappa shape index (κ1) is 19.9. The molecule has 0 atom stereocenters. The van der Waals surface area contributed by atoms with Gasteiger partial charge >= 0.3 is 6.18 Å². The molecule has 0 aliphatic rings. The van der Waals surface area contributed by atoms with Crippen LogP contribution in [0, 0.1) is 0 Å². The second kappa shape index (κ2) is 8.43. The highest BCUT2D eigenvalue weighted by Crippen LogP contribution is 2.31. The van der Waals surface area contributed by atoms with Gasteiger partial charge in [0.05, 0.1) is 18.4 Å². The number of benzene rings is 2. The maximum absolute atomic E-state index is 12.6. The van der Waals surface area contributed by atoms with E-state index in [4.69, 9.17) is 4.74 Å². The monoisotopic (exact) mass is 406 g/mol. The van der Waals surface area contributed by atoms with Crippen molar-refractivity contribution in [2.45, 2.75) is 12.6 Å². The maximum atomic E-state index is 12.6. The zero-order valence-electron chi connectivity index (χ0n) is 14.9. The molecule has 1 heterocycles. The van der Waals surface area contributed by atoms with E-state index in [0.29, 0.717) is 34.8 Å². The Hall–Kier alpha value is -2.87. The predicted octanol–water partition coefficient (Wildman–Crippen LogP) is 4.81. The van der Waals surface area contributed by atoms with Gasteiger partial charge in [-0.05, 0) is 36.4 Å². The third kappa shape index (κ3) is 4.89. The van der Waals surface area contributed by atoms with Gasteiger partial charge in [-0.3, -0.25) is 4.79 Å². The van der Waals surface area contributed by atoms with E-state index in [1.807, 2.05) is 5.38 Å². The van der Waals surface area contributed by atoms with Gasteiger partial charge in [0, 0.05) is 29.5 Å². The lowest BCUT2D eigenvalue weighted by Gasteiger charge is -2.06. The van der Waals surface area contributed by atoms with Crippen LogP contribution in [0.1, 0.15) is 21.6 Å². The van der Waals surface area contributed by atoms with Gasteiger partial charge in [-0.1, -0.05) is 12.1 Å². The molecule has 0 aliphatic heterocycles. The summed E-state index contributed by atoms with van der Waals surface area (Å²) in [4.78, 5) is 16.5. The second-order valence-electron chi connectivity index (χ2n) is 5.95. The molecule has 0 radical (unpaired) electrons. The van der Waals surface area contributed by atoms with Crippen LogP contribution in [0.15, 0.2) is 53.9 Å². The van der Waals surface area contributed by atoms with Crippen LogP contribution < -0.4 is 10.1 Å². The molecule has 8 heteroatoms. The number of hydrogen-bond acceptors (Lipinski definition) is 4. The van der Waals surface area contributed by atoms with Crippen molar-refractivity contribution in [3.8, 4) is 16.3 Å². The largest absolute Gasteiger partial charge is 0.497 e. The topological polar surface area (TPSA) is 51.2 Å². The minimum absolute atomic E-state index is 0.194. The Morgan fingerprint density at radius 3 is 2.39 bits per heavy atom. The first-order valence-electron chi connectivity index (χ1n) is 8.41. The number of rotatable bonds is 6. The normalized spacial score (nSPS) is 11.3. The molecule has 0 saturated heterocycles. The molecule has 28 heavy (non-hydrogen) atoms. The Kier molecular flexibility index (Phi) is 5.99. The fraction of sp³-hybridized carbons (Fsp3) is 0.200. The number of carbonyl (C=O) groups is 1. The summed E-state index contributed by atoms with van der Waals surface area (Å²) in [5.74, 6) is 0.482. The number of alkyl halides is 3. The number of carbonyl (C=O) groups excluding carboxylic acids is 1. The summed E-state index contributed by atoms with van der Waals surface area (Å²) >= 11 is 1.36. The number of aromatic nitrogens is 1. The molecule has 1 N–H and O–H groups in total. The first-order chi connectivity index (χ1) is 13.4. The molecule has 0 unspecified atom stereocenters. The van der Waals surface area contributed by atoms with Gasteiger partial charge in [0.2, 0.25) is 0 Å². The fourth-order valence-electron chi connectivity index (χ4n) is 2.50. The van der Waals surface area contributed by atoms with E-state index in [1.165, 1.54) is 23.5 Å². The predicted molar refractivity (Wildman–Crippen MR) is 102 cm³/mol. The van der Waals surface area contributed by atoms with E-state index in [-0.39, 0.29) is 5.91 Å². The molecule has 2 aromatic carbocycles. The Morgan fingerprint density at radius 1 is 1.11 bits per heavy atom. The van der Waals surface area contributed by atoms with Gasteiger partial charge in [0.25, 0.3) is 5.91 Å². The lowest BCUT2D eigenvalue weighted by Crippen LogP contribution is -2.25. The lowest BCUT2D eigenvalue weighted by atomic mass is 10.1. The summed E-state index contributed by atoms with van der Waals surface area (Å²) in [6.07, 6.45) is -3.83. The molecular weight excluding hydrogens is 389 g/mol. The SMILES string of the molecule is COc1ccc(C(=O)NCCc2csc(-c3ccc(C(F)(F)F)cc3)n2)cc1. The molecule has 4 nitrogen and oxygen atoms in total. The number of ether oxygens (including phenoxy) is 1. The minimum Gasteiger partial charge on any atom is -0.497 e. The van der Waals surface area contributed by atoms with Crippen LogP contribution in [-0.2, 0) is 12.6 Å². The number of methoxy groups -OCH3 is 1. The van der Waals surface area contributed by atoms with Crippen LogP contribution in [0.4, 0.5) is 13.2 Å². The molecule has 3 rings (SSSR count). The molecule has 0 aliphatic carbocycles. The minimum atomic E-state index is -4.35. The number of amides is 1. The Labute approximate surface area is 164 Å². The standard InChI is InChI=1S/C20H17F3N2O2S/c1-27-17-8-4-13(5-9-17)18(26)24-11-10-16-12-28-19(25-16)14-2-6-15(7-3-14)20(21,22)23/h2-9,12H,10-11H2,1H3,(H,24,26). The van der Waals surface area contributed by atoms with Crippen molar-refractivity contribution in [3.05, 3.63) is 70.7 Å². The van der Waals surface area contributed by atoms with E-state index in [2.05, 4.69) is 10.3 Å². The van der Waals surface area contributed by atoms with Crippen LogP contribution in [-0.4, -0.2) is 24.5 Å². The van der Waals surface area contributed by atoms with Gasteiger partial charge in [0.1, 0.15) is 10.8 Å². The summed E-state index contributed by atoms with van der Waals surface area (Å²) in [7, 11) is 1.56. The lowest BCUT2D eigenvalue weighted by molar-refractivity contribution is -0.137. The number of halogens is 3. The van der Waals surface area contributed by atoms with E-state index in [1.54, 1.807) is 31.4 Å². The van der Waals surface area contributed by atoms with E-state index in [0.717, 1.165) is 17.8 Å². The van der Waals surface area contributed by atoms with E-state index in [9.17, 15) is 18.0 Å². The molecule has 1 amide bonds. The summed E-state index contributed by atoms with van der Waals surface area (Å²) in [5, 5.41) is 5.30. The maximum Gasteiger partial charge on any atom is 0.416 e. The average Bonchev–Trinajstić information content (AvgIpc) is 3.16. The van der Waals surface area contributed by atoms with Crippen molar-refractivity contribution in [2.24, 2.45) is 0 Å². The number of hydrogen-bond donors (Lipinski definition) is 1. The summed E-state index contributed by atoms with van der Waals surface area (Å²) in [5.41, 5.74) is 1.25. The first-order valence-corrected chi connectivity index (χ1v) is 9.29. The molecule has 0 saturated carbocycles. The zero-order valence-corrected chi connectivity index (χ0v) is 15.7. The van der Waals surface area contributed by atoms with Gasteiger partial charge in [0.15, 0.2) is 0 Å². The second-order valence-corrected chi connectivity index (χ2v) is 6.81. The molecule has 0 bridgehead atoms. The third-order valence-corrected chi connectivity index (χ3v) is 4.97. The summed E-state index contributed by atoms with van der Waals surface area (Å²) in [6, 6.07) is 11.7. The highest BCUT2D eigenvalue weighted by molar-refractivity contribution is 7.13. The zero-order chi connectivity index (χ0) is 20.1. The highest BCUT2D eigenvalue weighted by Gasteiger charge is 2.30. The van der Waals surface area contributed by atoms with Crippen molar-refractivity contribution < 1.29 is 22.7 Å². The van der Waals surface area contributed by atoms with Gasteiger partial charge < -0.3 is 10.1 Å². The third-order valence-electron chi connectivity index (χ3n) is 4.03. The Bertz CT molecular complexity index is 935. The van der Waals surface area contributed by atoms with Crippen molar-refractivity contribution >= 4 is 17.2 Å². The van der Waals surface area contributed by atoms with Gasteiger partial charge in [-0.25, -0.2) is 4.98 Å². The average molecular weight is 406 g/mol. The molecule has 1 aromatic heterocycles. The summed E-state index contributed by atoms with van der Waals surface area (Å²) in [6.45, 7) is 0.404. The smallest absolute Gasteiger partial charge is 0.416 e. The van der Waals surface area contributed by atoms with Crippen molar-refractivity contribution in [1.82, 2.24) is 10.3 Å². The van der Waals surface area contributed by atoms with Crippen molar-refractivity contribution in [1.29, 1.82) is 0 Å². The van der Waals surface area contributed by atoms with Crippen LogP contribution in [0.25, 0.3) is 10.6 Å². The molecule has 146 valence electrons. The van der Waals surface area contributed by atoms with Crippen molar-refractivity contribution in [2.75, 3.05) is 13.7 Å². The Morgan fingerprint density at radius 2 is 1.79 bits per heavy atom. The van der Waals surface area contributed by atoms with E-state index < -0.39 is 11.7 Å². The molecule has 3 aromatic rings. The quantitative estimate of drug-likeness (QED) is 0.639. The molecule has 0 fully saturated rings. The fourth-order valence-corrected chi connectivity index (χ4v) is 3.37. The van der Waals surface area contributed by atoms with Crippen molar-refractivity contribution in [3.63, 3.8) is 0 Å². The number of thiazole rings is 1. The van der Waals surface area contributed by atoms with Gasteiger partial charge in [-0.15, -0.1) is 11.3 Å². The molecule has 0 spiro atoms. The number of nitrogens with zero attached hydrogens (tertiary/aromatic N) is 1. The van der Waals surface area contributed by atoms with Crippen LogP contribution in [0.2, 0.25) is 0 Å². The highest BCUT2D eigenvalue weighted by atomic mass is 32.1.